The van der Waals surface area contributed by atoms with Gasteiger partial charge in [-0.25, -0.2) is 0 Å². The van der Waals surface area contributed by atoms with Crippen LogP contribution in [0.2, 0.25) is 0 Å². The molecule has 0 unspecified atom stereocenters. The van der Waals surface area contributed by atoms with Gasteiger partial charge in [-0.1, -0.05) is 39.0 Å². The van der Waals surface area contributed by atoms with E-state index in [1.807, 2.05) is 0 Å². The third-order valence-electron chi connectivity index (χ3n) is 4.83. The predicted molar refractivity (Wildman–Crippen MR) is 97.6 cm³/mol. The van der Waals surface area contributed by atoms with Crippen molar-refractivity contribution in [1.82, 2.24) is 0 Å². The van der Waals surface area contributed by atoms with Crippen LogP contribution in [0.4, 0.5) is 5.69 Å². The fraction of sp³-hybridized carbons (Fsp3) is 0.600. The van der Waals surface area contributed by atoms with Crippen molar-refractivity contribution in [3.05, 3.63) is 23.8 Å². The van der Waals surface area contributed by atoms with Crippen molar-refractivity contribution in [2.75, 3.05) is 19.0 Å². The Hall–Kier alpha value is -2.06. The number of methoxy groups -OCH3 is 1. The first-order valence-electron chi connectivity index (χ1n) is 9.19. The van der Waals surface area contributed by atoms with Crippen LogP contribution in [0.5, 0.6) is 5.75 Å². The van der Waals surface area contributed by atoms with Gasteiger partial charge in [0.25, 0.3) is 5.91 Å². The van der Waals surface area contributed by atoms with Gasteiger partial charge in [0.1, 0.15) is 17.4 Å². The minimum absolute atomic E-state index is 0.125. The first-order valence-corrected chi connectivity index (χ1v) is 9.19. The molecule has 0 saturated heterocycles. The number of amides is 1. The lowest BCUT2D eigenvalue weighted by atomic mass is 9.93. The first kappa shape index (κ1) is 19.3. The van der Waals surface area contributed by atoms with Crippen LogP contribution in [0.15, 0.2) is 18.2 Å². The molecule has 5 nitrogen and oxygen atoms in total. The van der Waals surface area contributed by atoms with E-state index in [4.69, 9.17) is 9.47 Å². The average molecular weight is 344 g/mol. The van der Waals surface area contributed by atoms with Gasteiger partial charge in [0, 0.05) is 12.8 Å². The summed E-state index contributed by atoms with van der Waals surface area (Å²) in [6, 6.07) is 7.33. The molecule has 2 rings (SSSR count). The van der Waals surface area contributed by atoms with E-state index >= 15 is 0 Å². The number of unbranched alkanes of at least 4 members (excludes halogenated alkanes) is 1. The standard InChI is InChI=1S/C20H28N2O3/c1-3-4-13-25-18-10-9-17(14-16(18)15-21)22-19(23)20(24-2)11-7-5-6-8-12-20/h9-10,14H,3-8,11-13H2,1-2H3,(H,22,23). The summed E-state index contributed by atoms with van der Waals surface area (Å²) in [5, 5.41) is 12.3. The van der Waals surface area contributed by atoms with Crippen LogP contribution in [-0.4, -0.2) is 25.2 Å². The third kappa shape index (κ3) is 4.96. The molecule has 1 aliphatic carbocycles. The van der Waals surface area contributed by atoms with Gasteiger partial charge in [0.2, 0.25) is 0 Å². The third-order valence-corrected chi connectivity index (χ3v) is 4.83. The summed E-state index contributed by atoms with van der Waals surface area (Å²) in [6.07, 6.45) is 7.72. The van der Waals surface area contributed by atoms with Gasteiger partial charge in [-0.3, -0.25) is 4.79 Å². The second kappa shape index (κ2) is 9.43. The Balaban J connectivity index is 2.10. The predicted octanol–water partition coefficient (Wildman–Crippen LogP) is 4.42. The molecule has 0 heterocycles. The summed E-state index contributed by atoms with van der Waals surface area (Å²) >= 11 is 0. The molecule has 0 atom stereocenters. The molecule has 136 valence electrons. The van der Waals surface area contributed by atoms with Crippen LogP contribution in [0.1, 0.15) is 63.9 Å². The van der Waals surface area contributed by atoms with Gasteiger partial charge in [0.15, 0.2) is 0 Å². The van der Waals surface area contributed by atoms with Gasteiger partial charge in [-0.05, 0) is 37.5 Å². The number of hydrogen-bond donors (Lipinski definition) is 1. The van der Waals surface area contributed by atoms with E-state index < -0.39 is 5.60 Å². The fourth-order valence-electron chi connectivity index (χ4n) is 3.22. The average Bonchev–Trinajstić information content (AvgIpc) is 2.89. The Morgan fingerprint density at radius 3 is 2.60 bits per heavy atom. The van der Waals surface area contributed by atoms with Gasteiger partial charge in [0.05, 0.1) is 12.2 Å². The van der Waals surface area contributed by atoms with E-state index in [1.54, 1.807) is 25.3 Å². The van der Waals surface area contributed by atoms with E-state index in [0.29, 0.717) is 23.6 Å². The lowest BCUT2D eigenvalue weighted by Gasteiger charge is -2.29. The van der Waals surface area contributed by atoms with Crippen molar-refractivity contribution in [3.63, 3.8) is 0 Å². The van der Waals surface area contributed by atoms with Gasteiger partial charge in [-0.2, -0.15) is 5.26 Å². The topological polar surface area (TPSA) is 71.3 Å². The number of anilines is 1. The number of ether oxygens (including phenoxy) is 2. The SMILES string of the molecule is CCCCOc1ccc(NC(=O)C2(OC)CCCCCC2)cc1C#N. The van der Waals surface area contributed by atoms with Crippen LogP contribution in [0.3, 0.4) is 0 Å². The maximum atomic E-state index is 12.8. The molecule has 1 amide bonds. The summed E-state index contributed by atoms with van der Waals surface area (Å²) in [7, 11) is 1.61. The summed E-state index contributed by atoms with van der Waals surface area (Å²) in [5.41, 5.74) is 0.269. The van der Waals surface area contributed by atoms with Crippen molar-refractivity contribution in [2.24, 2.45) is 0 Å². The number of nitrogens with zero attached hydrogens (tertiary/aromatic N) is 1. The Morgan fingerprint density at radius 1 is 1.28 bits per heavy atom. The van der Waals surface area contributed by atoms with Crippen LogP contribution >= 0.6 is 0 Å². The van der Waals surface area contributed by atoms with Gasteiger partial charge >= 0.3 is 0 Å². The number of nitriles is 1. The number of rotatable bonds is 7. The summed E-state index contributed by atoms with van der Waals surface area (Å²) in [5.74, 6) is 0.435. The first-order chi connectivity index (χ1) is 12.1. The highest BCUT2D eigenvalue weighted by atomic mass is 16.5. The van der Waals surface area contributed by atoms with E-state index in [2.05, 4.69) is 18.3 Å². The number of carbonyl (C=O) groups is 1. The fourth-order valence-corrected chi connectivity index (χ4v) is 3.22. The van der Waals surface area contributed by atoms with Crippen LogP contribution in [-0.2, 0) is 9.53 Å². The summed E-state index contributed by atoms with van der Waals surface area (Å²) in [6.45, 7) is 2.68. The number of nitrogens with one attached hydrogen (secondary N) is 1. The zero-order valence-corrected chi connectivity index (χ0v) is 15.3. The minimum Gasteiger partial charge on any atom is -0.492 e. The van der Waals surface area contributed by atoms with Crippen LogP contribution < -0.4 is 10.1 Å². The zero-order chi connectivity index (χ0) is 18.1. The molecule has 25 heavy (non-hydrogen) atoms. The molecule has 1 N–H and O–H groups in total. The smallest absolute Gasteiger partial charge is 0.256 e. The molecule has 1 fully saturated rings. The summed E-state index contributed by atoms with van der Waals surface area (Å²) < 4.78 is 11.3. The maximum absolute atomic E-state index is 12.8. The molecule has 0 spiro atoms. The lowest BCUT2D eigenvalue weighted by molar-refractivity contribution is -0.139. The lowest BCUT2D eigenvalue weighted by Crippen LogP contribution is -2.44. The van der Waals surface area contributed by atoms with Gasteiger partial charge < -0.3 is 14.8 Å². The Morgan fingerprint density at radius 2 is 2.00 bits per heavy atom. The van der Waals surface area contributed by atoms with E-state index in [9.17, 15) is 10.1 Å². The molecule has 1 aliphatic rings. The van der Waals surface area contributed by atoms with E-state index in [0.717, 1.165) is 51.4 Å². The molecular weight excluding hydrogens is 316 g/mol. The van der Waals surface area contributed by atoms with E-state index in [-0.39, 0.29) is 5.91 Å². The van der Waals surface area contributed by atoms with E-state index in [1.165, 1.54) is 0 Å². The van der Waals surface area contributed by atoms with Crippen molar-refractivity contribution in [3.8, 4) is 11.8 Å². The largest absolute Gasteiger partial charge is 0.492 e. The minimum atomic E-state index is -0.764. The van der Waals surface area contributed by atoms with Crippen LogP contribution in [0, 0.1) is 11.3 Å². The molecule has 1 aromatic rings. The maximum Gasteiger partial charge on any atom is 0.256 e. The van der Waals surface area contributed by atoms with Crippen molar-refractivity contribution in [1.29, 1.82) is 5.26 Å². The number of hydrogen-bond acceptors (Lipinski definition) is 4. The Bertz CT molecular complexity index is 614. The van der Waals surface area contributed by atoms with Crippen molar-refractivity contribution < 1.29 is 14.3 Å². The quantitative estimate of drug-likeness (QED) is 0.587. The highest BCUT2D eigenvalue weighted by molar-refractivity contribution is 5.97. The zero-order valence-electron chi connectivity index (χ0n) is 15.3. The highest BCUT2D eigenvalue weighted by Gasteiger charge is 2.38. The monoisotopic (exact) mass is 344 g/mol. The van der Waals surface area contributed by atoms with Crippen molar-refractivity contribution >= 4 is 11.6 Å². The molecule has 1 aromatic carbocycles. The molecule has 0 aromatic heterocycles. The Labute approximate surface area is 150 Å². The highest BCUT2D eigenvalue weighted by Crippen LogP contribution is 2.32. The molecule has 0 radical (unpaired) electrons. The Kier molecular flexibility index (Phi) is 7.27. The number of carbonyl (C=O) groups excluding carboxylic acids is 1. The molecule has 5 heteroatoms. The molecule has 1 saturated carbocycles. The molecule has 0 bridgehead atoms. The normalized spacial score (nSPS) is 16.5. The molecular formula is C20H28N2O3. The number of benzene rings is 1. The van der Waals surface area contributed by atoms with Crippen LogP contribution in [0.25, 0.3) is 0 Å². The van der Waals surface area contributed by atoms with Gasteiger partial charge in [-0.15, -0.1) is 0 Å². The second-order valence-corrected chi connectivity index (χ2v) is 6.59. The summed E-state index contributed by atoms with van der Waals surface area (Å²) in [4.78, 5) is 12.8. The molecule has 0 aliphatic heterocycles. The second-order valence-electron chi connectivity index (χ2n) is 6.59. The van der Waals surface area contributed by atoms with Crippen molar-refractivity contribution in [2.45, 2.75) is 63.9 Å².